The second-order valence-corrected chi connectivity index (χ2v) is 3.01. The highest BCUT2D eigenvalue weighted by molar-refractivity contribution is 5.67. The van der Waals surface area contributed by atoms with Crippen molar-refractivity contribution in [2.45, 2.75) is 39.4 Å². The summed E-state index contributed by atoms with van der Waals surface area (Å²) in [5.74, 6) is -0.837. The molecule has 1 unspecified atom stereocenters. The molecule has 0 radical (unpaired) electrons. The largest absolute Gasteiger partial charge is 0.481 e. The molecular formula is C9H18O4. The van der Waals surface area contributed by atoms with Crippen LogP contribution in [-0.2, 0) is 14.3 Å². The van der Waals surface area contributed by atoms with Gasteiger partial charge in [0, 0.05) is 6.61 Å². The molecule has 0 saturated heterocycles. The third-order valence-electron chi connectivity index (χ3n) is 1.48. The van der Waals surface area contributed by atoms with Gasteiger partial charge >= 0.3 is 5.97 Å². The van der Waals surface area contributed by atoms with Crippen LogP contribution in [0.1, 0.15) is 27.2 Å². The standard InChI is InChI=1S/C9H18O4/c1-4-12-6-8(3)13-7(2)5-9(10)11/h7-8H,4-6H2,1-3H3,(H,10,11)/t7-,8?/m0/s1. The summed E-state index contributed by atoms with van der Waals surface area (Å²) in [7, 11) is 0. The topological polar surface area (TPSA) is 55.8 Å². The van der Waals surface area contributed by atoms with Gasteiger partial charge in [0.15, 0.2) is 0 Å². The second-order valence-electron chi connectivity index (χ2n) is 3.01. The van der Waals surface area contributed by atoms with E-state index in [-0.39, 0.29) is 18.6 Å². The van der Waals surface area contributed by atoms with Crippen molar-refractivity contribution >= 4 is 5.97 Å². The molecule has 0 bridgehead atoms. The van der Waals surface area contributed by atoms with Gasteiger partial charge in [-0.1, -0.05) is 0 Å². The van der Waals surface area contributed by atoms with Crippen LogP contribution in [0.25, 0.3) is 0 Å². The number of aliphatic carboxylic acids is 1. The van der Waals surface area contributed by atoms with Crippen molar-refractivity contribution in [3.63, 3.8) is 0 Å². The van der Waals surface area contributed by atoms with Gasteiger partial charge < -0.3 is 14.6 Å². The summed E-state index contributed by atoms with van der Waals surface area (Å²) >= 11 is 0. The van der Waals surface area contributed by atoms with E-state index in [0.29, 0.717) is 13.2 Å². The maximum atomic E-state index is 10.3. The lowest BCUT2D eigenvalue weighted by atomic mass is 10.3. The van der Waals surface area contributed by atoms with Crippen LogP contribution >= 0.6 is 0 Å². The first-order chi connectivity index (χ1) is 6.06. The molecule has 0 rings (SSSR count). The lowest BCUT2D eigenvalue weighted by Crippen LogP contribution is -2.23. The SMILES string of the molecule is CCOCC(C)O[C@@H](C)CC(=O)O. The molecule has 2 atom stereocenters. The molecule has 0 aromatic rings. The van der Waals surface area contributed by atoms with Crippen molar-refractivity contribution < 1.29 is 19.4 Å². The summed E-state index contributed by atoms with van der Waals surface area (Å²) < 4.78 is 10.5. The molecular weight excluding hydrogens is 172 g/mol. The molecule has 78 valence electrons. The molecule has 0 aromatic heterocycles. The second kappa shape index (κ2) is 6.86. The van der Waals surface area contributed by atoms with Crippen molar-refractivity contribution in [2.75, 3.05) is 13.2 Å². The van der Waals surface area contributed by atoms with Gasteiger partial charge in [0.05, 0.1) is 25.2 Å². The number of ether oxygens (including phenoxy) is 2. The quantitative estimate of drug-likeness (QED) is 0.657. The van der Waals surface area contributed by atoms with Crippen molar-refractivity contribution in [1.29, 1.82) is 0 Å². The maximum absolute atomic E-state index is 10.3. The van der Waals surface area contributed by atoms with E-state index < -0.39 is 5.97 Å². The highest BCUT2D eigenvalue weighted by atomic mass is 16.5. The molecule has 4 heteroatoms. The van der Waals surface area contributed by atoms with E-state index in [9.17, 15) is 4.79 Å². The number of hydrogen-bond acceptors (Lipinski definition) is 3. The van der Waals surface area contributed by atoms with E-state index in [2.05, 4.69) is 0 Å². The fourth-order valence-electron chi connectivity index (χ4n) is 1.01. The zero-order valence-corrected chi connectivity index (χ0v) is 8.45. The average molecular weight is 190 g/mol. The van der Waals surface area contributed by atoms with Crippen LogP contribution in [0, 0.1) is 0 Å². The molecule has 0 heterocycles. The molecule has 0 spiro atoms. The highest BCUT2D eigenvalue weighted by Gasteiger charge is 2.11. The summed E-state index contributed by atoms with van der Waals surface area (Å²) in [5, 5.41) is 8.46. The molecule has 13 heavy (non-hydrogen) atoms. The minimum atomic E-state index is -0.837. The van der Waals surface area contributed by atoms with Gasteiger partial charge in [-0.25, -0.2) is 0 Å². The van der Waals surface area contributed by atoms with E-state index in [1.165, 1.54) is 0 Å². The Morgan fingerprint density at radius 3 is 2.46 bits per heavy atom. The van der Waals surface area contributed by atoms with Crippen LogP contribution in [0.4, 0.5) is 0 Å². The predicted octanol–water partition coefficient (Wildman–Crippen LogP) is 1.29. The Balaban J connectivity index is 3.52. The number of carboxylic acid groups (broad SMARTS) is 1. The molecule has 0 aliphatic carbocycles. The summed E-state index contributed by atoms with van der Waals surface area (Å²) in [4.78, 5) is 10.3. The van der Waals surface area contributed by atoms with Gasteiger partial charge in [-0.05, 0) is 20.8 Å². The number of carbonyl (C=O) groups is 1. The zero-order chi connectivity index (χ0) is 10.3. The van der Waals surface area contributed by atoms with Crippen LogP contribution < -0.4 is 0 Å². The maximum Gasteiger partial charge on any atom is 0.305 e. The molecule has 0 aliphatic heterocycles. The van der Waals surface area contributed by atoms with Gasteiger partial charge in [-0.3, -0.25) is 4.79 Å². The summed E-state index contributed by atoms with van der Waals surface area (Å²) in [5.41, 5.74) is 0. The number of hydrogen-bond donors (Lipinski definition) is 1. The number of rotatable bonds is 7. The minimum absolute atomic E-state index is 0.0382. The zero-order valence-electron chi connectivity index (χ0n) is 8.45. The smallest absolute Gasteiger partial charge is 0.305 e. The molecule has 4 nitrogen and oxygen atoms in total. The van der Waals surface area contributed by atoms with E-state index in [0.717, 1.165) is 0 Å². The summed E-state index contributed by atoms with van der Waals surface area (Å²) in [6, 6.07) is 0. The molecule has 0 aliphatic rings. The Bertz CT molecular complexity index is 147. The molecule has 0 fully saturated rings. The van der Waals surface area contributed by atoms with Crippen molar-refractivity contribution in [3.05, 3.63) is 0 Å². The van der Waals surface area contributed by atoms with E-state index in [1.807, 2.05) is 13.8 Å². The average Bonchev–Trinajstić information content (AvgIpc) is 1.98. The van der Waals surface area contributed by atoms with Crippen LogP contribution in [0.5, 0.6) is 0 Å². The van der Waals surface area contributed by atoms with Crippen LogP contribution in [-0.4, -0.2) is 36.5 Å². The third-order valence-corrected chi connectivity index (χ3v) is 1.48. The van der Waals surface area contributed by atoms with Gasteiger partial charge in [-0.15, -0.1) is 0 Å². The Kier molecular flexibility index (Phi) is 6.54. The molecule has 0 saturated carbocycles. The Labute approximate surface area is 78.8 Å². The van der Waals surface area contributed by atoms with E-state index in [1.54, 1.807) is 6.92 Å². The van der Waals surface area contributed by atoms with Crippen LogP contribution in [0.2, 0.25) is 0 Å². The van der Waals surface area contributed by atoms with Crippen LogP contribution in [0.3, 0.4) is 0 Å². The van der Waals surface area contributed by atoms with Gasteiger partial charge in [0.25, 0.3) is 0 Å². The Morgan fingerprint density at radius 1 is 1.38 bits per heavy atom. The Morgan fingerprint density at radius 2 is 2.00 bits per heavy atom. The molecule has 0 amide bonds. The van der Waals surface area contributed by atoms with E-state index >= 15 is 0 Å². The summed E-state index contributed by atoms with van der Waals surface area (Å²) in [6.07, 6.45) is -0.265. The van der Waals surface area contributed by atoms with Crippen molar-refractivity contribution in [2.24, 2.45) is 0 Å². The third kappa shape index (κ3) is 7.74. The predicted molar refractivity (Wildman–Crippen MR) is 48.8 cm³/mol. The Hall–Kier alpha value is -0.610. The molecule has 1 N–H and O–H groups in total. The monoisotopic (exact) mass is 190 g/mol. The minimum Gasteiger partial charge on any atom is -0.481 e. The van der Waals surface area contributed by atoms with E-state index in [4.69, 9.17) is 14.6 Å². The molecule has 0 aromatic carbocycles. The van der Waals surface area contributed by atoms with Gasteiger partial charge in [0.2, 0.25) is 0 Å². The van der Waals surface area contributed by atoms with Crippen molar-refractivity contribution in [1.82, 2.24) is 0 Å². The lowest BCUT2D eigenvalue weighted by Gasteiger charge is -2.17. The fraction of sp³-hybridized carbons (Fsp3) is 0.889. The van der Waals surface area contributed by atoms with Crippen molar-refractivity contribution in [3.8, 4) is 0 Å². The fourth-order valence-corrected chi connectivity index (χ4v) is 1.01. The number of carboxylic acids is 1. The lowest BCUT2D eigenvalue weighted by molar-refractivity contribution is -0.141. The highest BCUT2D eigenvalue weighted by Crippen LogP contribution is 2.02. The van der Waals surface area contributed by atoms with Crippen LogP contribution in [0.15, 0.2) is 0 Å². The first-order valence-corrected chi connectivity index (χ1v) is 4.51. The first kappa shape index (κ1) is 12.4. The summed E-state index contributed by atoms with van der Waals surface area (Å²) in [6.45, 7) is 6.69. The van der Waals surface area contributed by atoms with Gasteiger partial charge in [-0.2, -0.15) is 0 Å². The normalized spacial score (nSPS) is 15.3. The van der Waals surface area contributed by atoms with Gasteiger partial charge in [0.1, 0.15) is 0 Å². The first-order valence-electron chi connectivity index (χ1n) is 4.51.